The second-order valence-corrected chi connectivity index (χ2v) is 5.45. The summed E-state index contributed by atoms with van der Waals surface area (Å²) >= 11 is 0. The fourth-order valence-electron chi connectivity index (χ4n) is 2.07. The van der Waals surface area contributed by atoms with E-state index in [1.807, 2.05) is 19.1 Å². The number of carbonyl (C=O) groups excluding carboxylic acids is 2. The van der Waals surface area contributed by atoms with Gasteiger partial charge in [0.2, 0.25) is 11.9 Å². The maximum Gasteiger partial charge on any atom is 0.254 e. The first-order chi connectivity index (χ1) is 11.8. The maximum absolute atomic E-state index is 11.6. The number of aromatic nitrogens is 2. The topological polar surface area (TPSA) is 145 Å². The number of benzene rings is 1. The molecule has 0 radical (unpaired) electrons. The molecule has 2 rings (SSSR count). The number of nitrogens with one attached hydrogen (secondary N) is 2. The van der Waals surface area contributed by atoms with Crippen LogP contribution in [0.4, 0.5) is 17.5 Å². The molecule has 0 spiro atoms. The number of amides is 2. The molecular weight excluding hydrogens is 324 g/mol. The summed E-state index contributed by atoms with van der Waals surface area (Å²) in [5.74, 6) is -0.247. The Morgan fingerprint density at radius 1 is 1.24 bits per heavy atom. The van der Waals surface area contributed by atoms with E-state index in [4.69, 9.17) is 16.2 Å². The van der Waals surface area contributed by atoms with Gasteiger partial charge in [0.15, 0.2) is 0 Å². The average Bonchev–Trinajstić information content (AvgIpc) is 2.54. The Labute approximate surface area is 144 Å². The molecule has 2 aromatic rings. The number of nitrogens with two attached hydrogens (primary N) is 2. The molecule has 1 atom stereocenters. The van der Waals surface area contributed by atoms with Crippen molar-refractivity contribution in [3.63, 3.8) is 0 Å². The molecule has 9 nitrogen and oxygen atoms in total. The summed E-state index contributed by atoms with van der Waals surface area (Å²) in [6, 6.07) is 4.79. The van der Waals surface area contributed by atoms with Crippen molar-refractivity contribution >= 4 is 29.3 Å². The normalized spacial score (nSPS) is 11.5. The zero-order valence-electron chi connectivity index (χ0n) is 14.2. The number of carbonyl (C=O) groups is 2. The van der Waals surface area contributed by atoms with E-state index in [9.17, 15) is 9.59 Å². The van der Waals surface area contributed by atoms with Crippen LogP contribution in [0.1, 0.15) is 22.8 Å². The van der Waals surface area contributed by atoms with Gasteiger partial charge < -0.3 is 26.8 Å². The third-order valence-electron chi connectivity index (χ3n) is 3.38. The van der Waals surface area contributed by atoms with Crippen molar-refractivity contribution in [3.8, 4) is 5.75 Å². The van der Waals surface area contributed by atoms with Crippen molar-refractivity contribution in [2.24, 2.45) is 11.5 Å². The van der Waals surface area contributed by atoms with Gasteiger partial charge in [-0.1, -0.05) is 0 Å². The highest BCUT2D eigenvalue weighted by atomic mass is 16.5. The Balaban J connectivity index is 2.38. The fourth-order valence-corrected chi connectivity index (χ4v) is 2.07. The Kier molecular flexibility index (Phi) is 5.38. The van der Waals surface area contributed by atoms with E-state index in [1.54, 1.807) is 20.1 Å². The van der Waals surface area contributed by atoms with Gasteiger partial charge in [0.1, 0.15) is 23.2 Å². The Morgan fingerprint density at radius 3 is 2.56 bits per heavy atom. The molecule has 9 heteroatoms. The molecule has 0 unspecified atom stereocenters. The van der Waals surface area contributed by atoms with Crippen LogP contribution in [0.15, 0.2) is 24.4 Å². The van der Waals surface area contributed by atoms with E-state index in [2.05, 4.69) is 20.6 Å². The lowest BCUT2D eigenvalue weighted by atomic mass is 10.2. The summed E-state index contributed by atoms with van der Waals surface area (Å²) in [5, 5.41) is 5.78. The molecule has 132 valence electrons. The summed E-state index contributed by atoms with van der Waals surface area (Å²) in [7, 11) is 1.56. The van der Waals surface area contributed by atoms with Crippen LogP contribution in [0.2, 0.25) is 0 Å². The van der Waals surface area contributed by atoms with Crippen molar-refractivity contribution in [1.29, 1.82) is 0 Å². The molecule has 1 heterocycles. The summed E-state index contributed by atoms with van der Waals surface area (Å²) in [6.07, 6.45) is 1.28. The number of rotatable bonds is 7. The molecule has 1 aromatic heterocycles. The highest BCUT2D eigenvalue weighted by Gasteiger charge is 2.15. The van der Waals surface area contributed by atoms with Crippen LogP contribution in [-0.2, 0) is 4.79 Å². The standard InChI is InChI=1S/C16H20N6O3/c1-8-4-10(6-11(5-8)25-3)21-15-12(14(18)24)7-19-16(22-15)20-9(2)13(17)23/h4-7,9H,1-3H3,(H2,17,23)(H2,18,24)(H2,19,20,21,22)/t9-/m1/s1. The number of ether oxygens (including phenoxy) is 1. The van der Waals surface area contributed by atoms with Crippen LogP contribution in [0, 0.1) is 6.92 Å². The molecule has 0 saturated heterocycles. The third-order valence-corrected chi connectivity index (χ3v) is 3.38. The lowest BCUT2D eigenvalue weighted by molar-refractivity contribution is -0.118. The number of nitrogens with zero attached hydrogens (tertiary/aromatic N) is 2. The molecule has 1 aromatic carbocycles. The van der Waals surface area contributed by atoms with Crippen molar-refractivity contribution < 1.29 is 14.3 Å². The minimum absolute atomic E-state index is 0.109. The minimum Gasteiger partial charge on any atom is -0.497 e. The second kappa shape index (κ2) is 7.47. The third kappa shape index (κ3) is 4.56. The van der Waals surface area contributed by atoms with E-state index in [0.717, 1.165) is 5.56 Å². The van der Waals surface area contributed by atoms with Crippen molar-refractivity contribution in [2.45, 2.75) is 19.9 Å². The van der Waals surface area contributed by atoms with Crippen molar-refractivity contribution in [1.82, 2.24) is 9.97 Å². The summed E-state index contributed by atoms with van der Waals surface area (Å²) in [6.45, 7) is 3.48. The fraction of sp³-hybridized carbons (Fsp3) is 0.250. The molecule has 0 aliphatic heterocycles. The average molecular weight is 344 g/mol. The zero-order valence-corrected chi connectivity index (χ0v) is 14.2. The second-order valence-electron chi connectivity index (χ2n) is 5.45. The molecule has 0 aliphatic carbocycles. The molecule has 0 saturated carbocycles. The molecule has 6 N–H and O–H groups in total. The lowest BCUT2D eigenvalue weighted by Gasteiger charge is -2.14. The summed E-state index contributed by atoms with van der Waals surface area (Å²) in [5.41, 5.74) is 12.3. The molecule has 0 aliphatic rings. The lowest BCUT2D eigenvalue weighted by Crippen LogP contribution is -2.33. The van der Waals surface area contributed by atoms with E-state index in [-0.39, 0.29) is 17.3 Å². The van der Waals surface area contributed by atoms with Crippen LogP contribution >= 0.6 is 0 Å². The number of methoxy groups -OCH3 is 1. The Bertz CT molecular complexity index is 808. The smallest absolute Gasteiger partial charge is 0.254 e. The SMILES string of the molecule is COc1cc(C)cc(Nc2nc(N[C@H](C)C(N)=O)ncc2C(N)=O)c1. The van der Waals surface area contributed by atoms with Gasteiger partial charge in [0.25, 0.3) is 5.91 Å². The predicted molar refractivity (Wildman–Crippen MR) is 93.8 cm³/mol. The van der Waals surface area contributed by atoms with E-state index < -0.39 is 17.9 Å². The van der Waals surface area contributed by atoms with Crippen molar-refractivity contribution in [3.05, 3.63) is 35.5 Å². The van der Waals surface area contributed by atoms with Gasteiger partial charge in [-0.2, -0.15) is 4.98 Å². The van der Waals surface area contributed by atoms with E-state index in [1.165, 1.54) is 6.20 Å². The molecule has 2 amide bonds. The number of hydrogen-bond donors (Lipinski definition) is 4. The predicted octanol–water partition coefficient (Wildman–Crippen LogP) is 0.922. The van der Waals surface area contributed by atoms with Crippen LogP contribution in [0.3, 0.4) is 0 Å². The van der Waals surface area contributed by atoms with Gasteiger partial charge in [0, 0.05) is 18.0 Å². The largest absolute Gasteiger partial charge is 0.497 e. The highest BCUT2D eigenvalue weighted by Crippen LogP contribution is 2.25. The number of primary amides is 2. The maximum atomic E-state index is 11.6. The van der Waals surface area contributed by atoms with Crippen molar-refractivity contribution in [2.75, 3.05) is 17.7 Å². The Hall–Kier alpha value is -3.36. The molecule has 25 heavy (non-hydrogen) atoms. The first kappa shape index (κ1) is 18.0. The van der Waals surface area contributed by atoms with Gasteiger partial charge in [-0.25, -0.2) is 4.98 Å². The minimum atomic E-state index is -0.684. The number of anilines is 3. The van der Waals surface area contributed by atoms with Crippen LogP contribution in [0.25, 0.3) is 0 Å². The monoisotopic (exact) mass is 344 g/mol. The molecule has 0 fully saturated rings. The Morgan fingerprint density at radius 2 is 1.96 bits per heavy atom. The van der Waals surface area contributed by atoms with Crippen LogP contribution in [-0.4, -0.2) is 34.9 Å². The van der Waals surface area contributed by atoms with Gasteiger partial charge in [-0.05, 0) is 31.5 Å². The van der Waals surface area contributed by atoms with Crippen LogP contribution in [0.5, 0.6) is 5.75 Å². The van der Waals surface area contributed by atoms with Crippen LogP contribution < -0.4 is 26.8 Å². The number of hydrogen-bond acceptors (Lipinski definition) is 7. The first-order valence-corrected chi connectivity index (χ1v) is 7.45. The quantitative estimate of drug-likeness (QED) is 0.584. The first-order valence-electron chi connectivity index (χ1n) is 7.45. The highest BCUT2D eigenvalue weighted by molar-refractivity contribution is 5.98. The summed E-state index contributed by atoms with van der Waals surface area (Å²) in [4.78, 5) is 31.0. The van der Waals surface area contributed by atoms with Gasteiger partial charge in [0.05, 0.1) is 7.11 Å². The zero-order chi connectivity index (χ0) is 18.6. The molecule has 0 bridgehead atoms. The van der Waals surface area contributed by atoms with Gasteiger partial charge >= 0.3 is 0 Å². The van der Waals surface area contributed by atoms with Gasteiger partial charge in [-0.3, -0.25) is 9.59 Å². The van der Waals surface area contributed by atoms with E-state index in [0.29, 0.717) is 11.4 Å². The van der Waals surface area contributed by atoms with Gasteiger partial charge in [-0.15, -0.1) is 0 Å². The van der Waals surface area contributed by atoms with E-state index >= 15 is 0 Å². The number of aryl methyl sites for hydroxylation is 1. The summed E-state index contributed by atoms with van der Waals surface area (Å²) < 4.78 is 5.23. The molecular formula is C16H20N6O3.